The van der Waals surface area contributed by atoms with E-state index in [1.807, 2.05) is 30.6 Å². The fourth-order valence-corrected chi connectivity index (χ4v) is 9.33. The Hall–Kier alpha value is -4.70. The first-order valence-corrected chi connectivity index (χ1v) is 19.2. The van der Waals surface area contributed by atoms with Crippen molar-refractivity contribution >= 4 is 40.2 Å². The number of nitro groups is 2. The first-order valence-electron chi connectivity index (χ1n) is 19.2. The van der Waals surface area contributed by atoms with Crippen LogP contribution in [-0.4, -0.2) is 129 Å². The second kappa shape index (κ2) is 20.0. The van der Waals surface area contributed by atoms with Gasteiger partial charge in [0.1, 0.15) is 11.4 Å². The number of nitrogens with two attached hydrogens (primary N) is 1. The van der Waals surface area contributed by atoms with E-state index in [4.69, 9.17) is 10.5 Å². The van der Waals surface area contributed by atoms with E-state index in [0.29, 0.717) is 59.8 Å². The molecule has 6 fully saturated rings. The standard InChI is InChI=1S/C16H20FN3O4.C12H14FN3O2.C12H16FN3.3CH4.CH3.Pd/c1-15(2,3)24-14(21)19-9-16(10-19)7-18(8-16)13-5-4-11(20(22)23)6-12(13)17;1-14-5-12(6-14)7-15(8-12)11-3-2-9(16(17)18)4-10(11)13;1-15-5-12(6-15)7-16(8-12)11-3-2-9(14)4-10(11)13;;;;;/h4-6H,7-10H2,1-3H3;2-4H,5-8H2,1H3;2-4H,5-8,14H2,1H3;3*1H4;1H3;/q;;;;;;-1;. The number of benzene rings is 3. The first kappa shape index (κ1) is 54.4. The quantitative estimate of drug-likeness (QED) is 0.0872. The van der Waals surface area contributed by atoms with Crippen molar-refractivity contribution in [2.45, 2.75) is 48.7 Å². The Kier molecular flexibility index (Phi) is 17.3. The molecular formula is C44H65F3N9O6Pd-. The van der Waals surface area contributed by atoms with Crippen molar-refractivity contribution in [3.8, 4) is 0 Å². The zero-order valence-corrected chi connectivity index (χ0v) is 36.3. The molecule has 6 aliphatic rings. The van der Waals surface area contributed by atoms with Crippen LogP contribution in [0, 0.1) is 61.4 Å². The third-order valence-electron chi connectivity index (χ3n) is 11.6. The van der Waals surface area contributed by atoms with Gasteiger partial charge in [-0.05, 0) is 65.2 Å². The Morgan fingerprint density at radius 2 is 0.937 bits per heavy atom. The molecule has 0 atom stereocenters. The fourth-order valence-electron chi connectivity index (χ4n) is 9.33. The number of anilines is 4. The summed E-state index contributed by atoms with van der Waals surface area (Å²) in [6.45, 7) is 15.9. The van der Waals surface area contributed by atoms with Crippen LogP contribution < -0.4 is 20.4 Å². The van der Waals surface area contributed by atoms with Crippen molar-refractivity contribution in [2.75, 3.05) is 113 Å². The minimum atomic E-state index is -0.616. The summed E-state index contributed by atoms with van der Waals surface area (Å²) in [5.41, 5.74) is 7.30. The molecular weight excluding hydrogens is 914 g/mol. The Morgan fingerprint density at radius 3 is 1.22 bits per heavy atom. The molecule has 6 saturated heterocycles. The summed E-state index contributed by atoms with van der Waals surface area (Å²) in [6, 6.07) is 12.5. The van der Waals surface area contributed by atoms with Gasteiger partial charge in [0.15, 0.2) is 11.6 Å². The monoisotopic (exact) mass is 978 g/mol. The van der Waals surface area contributed by atoms with E-state index < -0.39 is 27.1 Å². The maximum absolute atomic E-state index is 14.0. The van der Waals surface area contributed by atoms with E-state index in [2.05, 4.69) is 28.8 Å². The van der Waals surface area contributed by atoms with Gasteiger partial charge in [0.2, 0.25) is 0 Å². The number of hydrogen-bond acceptors (Lipinski definition) is 12. The Balaban J connectivity index is 0.000000319. The summed E-state index contributed by atoms with van der Waals surface area (Å²) in [5.74, 6) is -1.31. The maximum Gasteiger partial charge on any atom is 0.410 e. The third-order valence-corrected chi connectivity index (χ3v) is 11.6. The summed E-state index contributed by atoms with van der Waals surface area (Å²) >= 11 is 0. The number of likely N-dealkylation sites (tertiary alicyclic amines) is 3. The number of nitrogen functional groups attached to an aromatic ring is 1. The van der Waals surface area contributed by atoms with Crippen LogP contribution in [0.5, 0.6) is 0 Å². The molecule has 0 unspecified atom stereocenters. The molecule has 0 aliphatic carbocycles. The molecule has 0 bridgehead atoms. The van der Waals surface area contributed by atoms with E-state index in [-0.39, 0.29) is 78.8 Å². The van der Waals surface area contributed by atoms with Crippen molar-refractivity contribution < 1.29 is 53.0 Å². The van der Waals surface area contributed by atoms with Crippen molar-refractivity contribution in [3.63, 3.8) is 0 Å². The molecule has 0 aromatic heterocycles. The van der Waals surface area contributed by atoms with E-state index in [1.54, 1.807) is 17.0 Å². The Morgan fingerprint density at radius 1 is 0.619 bits per heavy atom. The van der Waals surface area contributed by atoms with E-state index >= 15 is 0 Å². The van der Waals surface area contributed by atoms with Crippen molar-refractivity contribution in [3.05, 3.63) is 99.7 Å². The molecule has 6 heterocycles. The molecule has 2 N–H and O–H groups in total. The molecule has 63 heavy (non-hydrogen) atoms. The summed E-state index contributed by atoms with van der Waals surface area (Å²) in [4.78, 5) is 44.0. The fraction of sp³-hybridized carbons (Fsp3) is 0.545. The van der Waals surface area contributed by atoms with Crippen LogP contribution in [0.2, 0.25) is 0 Å². The smallest absolute Gasteiger partial charge is 0.410 e. The number of carbonyl (C=O) groups excluding carboxylic acids is 1. The number of amides is 1. The minimum Gasteiger partial charge on any atom is -0.444 e. The van der Waals surface area contributed by atoms with Crippen LogP contribution in [0.15, 0.2) is 54.6 Å². The van der Waals surface area contributed by atoms with Crippen LogP contribution in [0.1, 0.15) is 43.1 Å². The largest absolute Gasteiger partial charge is 0.444 e. The summed E-state index contributed by atoms with van der Waals surface area (Å²) in [5, 5.41) is 21.2. The van der Waals surface area contributed by atoms with Crippen molar-refractivity contribution in [1.29, 1.82) is 0 Å². The number of nitrogens with zero attached hydrogens (tertiary/aromatic N) is 8. The van der Waals surface area contributed by atoms with E-state index in [9.17, 15) is 38.2 Å². The zero-order valence-electron chi connectivity index (χ0n) is 34.7. The van der Waals surface area contributed by atoms with Crippen LogP contribution in [-0.2, 0) is 25.2 Å². The van der Waals surface area contributed by atoms with Crippen LogP contribution in [0.3, 0.4) is 0 Å². The van der Waals surface area contributed by atoms with E-state index in [0.717, 1.165) is 64.5 Å². The van der Waals surface area contributed by atoms with Crippen molar-refractivity contribution in [2.24, 2.45) is 16.2 Å². The zero-order chi connectivity index (χ0) is 41.9. The predicted octanol–water partition coefficient (Wildman–Crippen LogP) is 7.79. The number of halogens is 3. The maximum atomic E-state index is 14.0. The molecule has 0 radical (unpaired) electrons. The molecule has 354 valence electrons. The molecule has 6 aliphatic heterocycles. The summed E-state index contributed by atoms with van der Waals surface area (Å²) in [6.07, 6.45) is -0.326. The van der Waals surface area contributed by atoms with Gasteiger partial charge in [0.05, 0.1) is 39.0 Å². The number of ether oxygens (including phenoxy) is 1. The Bertz CT molecular complexity index is 2090. The van der Waals surface area contributed by atoms with Gasteiger partial charge in [-0.25, -0.2) is 18.0 Å². The molecule has 3 aromatic rings. The molecule has 19 heteroatoms. The van der Waals surface area contributed by atoms with Gasteiger partial charge < -0.3 is 47.3 Å². The van der Waals surface area contributed by atoms with Gasteiger partial charge in [0.25, 0.3) is 11.4 Å². The van der Waals surface area contributed by atoms with E-state index in [1.165, 1.54) is 30.3 Å². The van der Waals surface area contributed by atoms with Gasteiger partial charge in [-0.2, -0.15) is 0 Å². The molecule has 3 spiro atoms. The molecule has 0 saturated carbocycles. The number of carbonyl (C=O) groups is 1. The first-order chi connectivity index (χ1) is 27.2. The average molecular weight is 979 g/mol. The topological polar surface area (TPSA) is 158 Å². The van der Waals surface area contributed by atoms with Gasteiger partial charge in [-0.1, -0.05) is 22.3 Å². The molecule has 3 aromatic carbocycles. The van der Waals surface area contributed by atoms with Crippen molar-refractivity contribution in [1.82, 2.24) is 14.7 Å². The number of hydrogen-bond donors (Lipinski definition) is 1. The van der Waals surface area contributed by atoms with Crippen LogP contribution in [0.25, 0.3) is 0 Å². The number of rotatable bonds is 5. The molecule has 9 rings (SSSR count). The van der Waals surface area contributed by atoms with Gasteiger partial charge >= 0.3 is 6.09 Å². The Labute approximate surface area is 384 Å². The van der Waals surface area contributed by atoms with Gasteiger partial charge in [-0.3, -0.25) is 20.2 Å². The second-order valence-corrected chi connectivity index (χ2v) is 18.2. The summed E-state index contributed by atoms with van der Waals surface area (Å²) in [7, 11) is 4.19. The minimum absolute atomic E-state index is 0. The average Bonchev–Trinajstić information content (AvgIpc) is 3.02. The second-order valence-electron chi connectivity index (χ2n) is 18.2. The predicted molar refractivity (Wildman–Crippen MR) is 240 cm³/mol. The van der Waals surface area contributed by atoms with Gasteiger partial charge in [-0.15, -0.1) is 0 Å². The normalized spacial score (nSPS) is 19.2. The van der Waals surface area contributed by atoms with Crippen LogP contribution >= 0.6 is 0 Å². The molecule has 1 amide bonds. The third kappa shape index (κ3) is 11.5. The molecule has 15 nitrogen and oxygen atoms in total. The number of non-ortho nitro benzene ring substituents is 2. The SMILES string of the molecule is C.C.C.CC(C)(C)OC(=O)N1CC2(C1)CN(c1ccc([N+](=O)[O-])cc1F)C2.CN1CC2(C1)CN(c1ccc(N)cc1F)C2.CN1CC2(C1)CN(c1ccc([N+](=O)[O-])cc1F)C2.[CH3-].[Pd]. The van der Waals surface area contributed by atoms with Gasteiger partial charge in [0, 0.05) is 133 Å². The number of nitro benzene ring substituents is 2. The summed E-state index contributed by atoms with van der Waals surface area (Å²) < 4.78 is 46.8. The van der Waals surface area contributed by atoms with Crippen LogP contribution in [0.4, 0.5) is 52.1 Å².